The number of anilines is 1. The molecule has 1 N–H and O–H groups in total. The Morgan fingerprint density at radius 2 is 1.79 bits per heavy atom. The summed E-state index contributed by atoms with van der Waals surface area (Å²) in [6.45, 7) is 8.18. The Morgan fingerprint density at radius 3 is 2.59 bits per heavy atom. The highest BCUT2D eigenvalue weighted by Gasteiger charge is 2.27. The van der Waals surface area contributed by atoms with E-state index in [1.54, 1.807) is 0 Å². The van der Waals surface area contributed by atoms with Crippen molar-refractivity contribution in [2.45, 2.75) is 44.7 Å². The number of hydrogen-bond donors (Lipinski definition) is 1. The number of nitrogens with one attached hydrogen (secondary N) is 1. The summed E-state index contributed by atoms with van der Waals surface area (Å²) in [7, 11) is 0. The number of halogens is 1. The molecule has 182 valence electrons. The maximum Gasteiger partial charge on any atom is 0.269 e. The Labute approximate surface area is 208 Å². The topological polar surface area (TPSA) is 51.7 Å². The molecule has 2 aliphatic heterocycles. The highest BCUT2D eigenvalue weighted by atomic mass is 35.5. The summed E-state index contributed by atoms with van der Waals surface area (Å²) in [5.74, 6) is 1.56. The molecule has 2 saturated heterocycles. The smallest absolute Gasteiger partial charge is 0.269 e. The van der Waals surface area contributed by atoms with E-state index in [9.17, 15) is 4.79 Å². The Hall–Kier alpha value is -2.15. The molecule has 6 nitrogen and oxygen atoms in total. The molecule has 1 saturated carbocycles. The minimum atomic E-state index is -0.0465. The van der Waals surface area contributed by atoms with Crippen molar-refractivity contribution >= 4 is 23.3 Å². The van der Waals surface area contributed by atoms with Gasteiger partial charge in [-0.2, -0.15) is 0 Å². The zero-order valence-corrected chi connectivity index (χ0v) is 20.7. The molecular weight excluding hydrogens is 446 g/mol. The first kappa shape index (κ1) is 23.6. The molecule has 2 aromatic rings. The van der Waals surface area contributed by atoms with Crippen molar-refractivity contribution < 1.29 is 4.79 Å². The van der Waals surface area contributed by atoms with Crippen LogP contribution in [0.15, 0.2) is 42.5 Å². The third-order valence-electron chi connectivity index (χ3n) is 7.44. The van der Waals surface area contributed by atoms with Crippen LogP contribution in [0.25, 0.3) is 0 Å². The van der Waals surface area contributed by atoms with Gasteiger partial charge < -0.3 is 10.2 Å². The van der Waals surface area contributed by atoms with Crippen molar-refractivity contribution in [3.63, 3.8) is 0 Å². The standard InChI is InChI=1S/C27H36ClN5O/c28-23-5-1-4-22(18-23)20-31-14-10-24(11-15-31)32-12-3-13-33(17-16-32)26-7-2-6-25(30-26)27(34)29-19-21-8-9-21/h1-2,4-7,18,21,24H,3,8-17,19-20H2,(H,29,34). The van der Waals surface area contributed by atoms with Gasteiger partial charge in [0.25, 0.3) is 5.91 Å². The molecule has 1 aromatic heterocycles. The molecule has 34 heavy (non-hydrogen) atoms. The van der Waals surface area contributed by atoms with Crippen LogP contribution >= 0.6 is 11.6 Å². The Bertz CT molecular complexity index is 973. The van der Waals surface area contributed by atoms with E-state index >= 15 is 0 Å². The molecule has 3 fully saturated rings. The second-order valence-electron chi connectivity index (χ2n) is 10.0. The van der Waals surface area contributed by atoms with Crippen LogP contribution in [-0.4, -0.2) is 72.5 Å². The minimum absolute atomic E-state index is 0.0465. The molecule has 0 atom stereocenters. The van der Waals surface area contributed by atoms with Crippen molar-refractivity contribution in [2.24, 2.45) is 5.92 Å². The minimum Gasteiger partial charge on any atom is -0.355 e. The van der Waals surface area contributed by atoms with Gasteiger partial charge in [0.05, 0.1) is 0 Å². The van der Waals surface area contributed by atoms with Crippen LogP contribution < -0.4 is 10.2 Å². The summed E-state index contributed by atoms with van der Waals surface area (Å²) < 4.78 is 0. The lowest BCUT2D eigenvalue weighted by atomic mass is 10.0. The largest absolute Gasteiger partial charge is 0.355 e. The first-order valence-electron chi connectivity index (χ1n) is 12.8. The quantitative estimate of drug-likeness (QED) is 0.646. The van der Waals surface area contributed by atoms with Crippen LogP contribution in [0.3, 0.4) is 0 Å². The van der Waals surface area contributed by atoms with Crippen molar-refractivity contribution in [1.82, 2.24) is 20.1 Å². The van der Waals surface area contributed by atoms with Crippen molar-refractivity contribution in [2.75, 3.05) is 50.7 Å². The van der Waals surface area contributed by atoms with E-state index in [4.69, 9.17) is 16.6 Å². The molecule has 0 bridgehead atoms. The van der Waals surface area contributed by atoms with E-state index in [-0.39, 0.29) is 5.91 Å². The van der Waals surface area contributed by atoms with E-state index in [0.717, 1.165) is 69.6 Å². The predicted octanol–water partition coefficient (Wildman–Crippen LogP) is 4.05. The fraction of sp³-hybridized carbons (Fsp3) is 0.556. The monoisotopic (exact) mass is 481 g/mol. The SMILES string of the molecule is O=C(NCC1CC1)c1cccc(N2CCCN(C3CCN(Cc4cccc(Cl)c4)CC3)CC2)n1. The fourth-order valence-corrected chi connectivity index (χ4v) is 5.46. The third-order valence-corrected chi connectivity index (χ3v) is 7.67. The maximum atomic E-state index is 12.5. The van der Waals surface area contributed by atoms with Gasteiger partial charge >= 0.3 is 0 Å². The summed E-state index contributed by atoms with van der Waals surface area (Å²) in [4.78, 5) is 24.8. The fourth-order valence-electron chi connectivity index (χ4n) is 5.24. The van der Waals surface area contributed by atoms with Gasteiger partial charge in [-0.3, -0.25) is 14.6 Å². The summed E-state index contributed by atoms with van der Waals surface area (Å²) in [5, 5.41) is 3.86. The number of benzene rings is 1. The molecule has 1 aromatic carbocycles. The van der Waals surface area contributed by atoms with Crippen LogP contribution in [-0.2, 0) is 6.54 Å². The van der Waals surface area contributed by atoms with Crippen molar-refractivity contribution in [3.8, 4) is 0 Å². The van der Waals surface area contributed by atoms with Crippen LogP contribution in [0.2, 0.25) is 5.02 Å². The molecule has 3 heterocycles. The van der Waals surface area contributed by atoms with E-state index in [1.807, 2.05) is 30.3 Å². The number of likely N-dealkylation sites (tertiary alicyclic amines) is 1. The number of aromatic nitrogens is 1. The van der Waals surface area contributed by atoms with E-state index < -0.39 is 0 Å². The van der Waals surface area contributed by atoms with Gasteiger partial charge in [0.1, 0.15) is 11.5 Å². The molecule has 7 heteroatoms. The van der Waals surface area contributed by atoms with Crippen LogP contribution in [0.4, 0.5) is 5.82 Å². The highest BCUT2D eigenvalue weighted by Crippen LogP contribution is 2.27. The van der Waals surface area contributed by atoms with Gasteiger partial charge in [0, 0.05) is 50.3 Å². The lowest BCUT2D eigenvalue weighted by Crippen LogP contribution is -2.46. The molecule has 0 unspecified atom stereocenters. The predicted molar refractivity (Wildman–Crippen MR) is 137 cm³/mol. The number of pyridine rings is 1. The molecule has 0 spiro atoms. The summed E-state index contributed by atoms with van der Waals surface area (Å²) in [6.07, 6.45) is 6.03. The zero-order chi connectivity index (χ0) is 23.3. The van der Waals surface area contributed by atoms with Gasteiger partial charge in [-0.15, -0.1) is 0 Å². The Morgan fingerprint density at radius 1 is 0.971 bits per heavy atom. The van der Waals surface area contributed by atoms with E-state index in [1.165, 1.54) is 31.2 Å². The summed E-state index contributed by atoms with van der Waals surface area (Å²) >= 11 is 6.16. The Kier molecular flexibility index (Phi) is 7.67. The lowest BCUT2D eigenvalue weighted by molar-refractivity contribution is 0.0947. The average molecular weight is 482 g/mol. The molecular formula is C27H36ClN5O. The van der Waals surface area contributed by atoms with Gasteiger partial charge in [-0.1, -0.05) is 29.8 Å². The van der Waals surface area contributed by atoms with E-state index in [0.29, 0.717) is 17.7 Å². The van der Waals surface area contributed by atoms with Gasteiger partial charge in [0.2, 0.25) is 0 Å². The highest BCUT2D eigenvalue weighted by molar-refractivity contribution is 6.30. The van der Waals surface area contributed by atoms with Crippen molar-refractivity contribution in [1.29, 1.82) is 0 Å². The number of carbonyl (C=O) groups excluding carboxylic acids is 1. The van der Waals surface area contributed by atoms with Gasteiger partial charge in [-0.05, 0) is 80.9 Å². The van der Waals surface area contributed by atoms with E-state index in [2.05, 4.69) is 32.1 Å². The van der Waals surface area contributed by atoms with Crippen LogP contribution in [0.1, 0.15) is 48.2 Å². The van der Waals surface area contributed by atoms with Crippen LogP contribution in [0.5, 0.6) is 0 Å². The van der Waals surface area contributed by atoms with Crippen molar-refractivity contribution in [3.05, 3.63) is 58.7 Å². The zero-order valence-electron chi connectivity index (χ0n) is 20.0. The second-order valence-corrected chi connectivity index (χ2v) is 10.5. The summed E-state index contributed by atoms with van der Waals surface area (Å²) in [5.41, 5.74) is 1.83. The van der Waals surface area contributed by atoms with Gasteiger partial charge in [0.15, 0.2) is 0 Å². The normalized spacial score (nSPS) is 20.8. The molecule has 0 radical (unpaired) electrons. The van der Waals surface area contributed by atoms with Gasteiger partial charge in [-0.25, -0.2) is 4.98 Å². The number of nitrogens with zero attached hydrogens (tertiary/aromatic N) is 4. The first-order valence-corrected chi connectivity index (χ1v) is 13.2. The molecule has 5 rings (SSSR count). The Balaban J connectivity index is 1.11. The first-order chi connectivity index (χ1) is 16.6. The van der Waals surface area contributed by atoms with Crippen LogP contribution in [0, 0.1) is 5.92 Å². The summed E-state index contributed by atoms with van der Waals surface area (Å²) in [6, 6.07) is 14.7. The average Bonchev–Trinajstić information content (AvgIpc) is 3.70. The number of piperidine rings is 1. The number of amides is 1. The number of hydrogen-bond acceptors (Lipinski definition) is 5. The number of carbonyl (C=O) groups is 1. The number of rotatable bonds is 7. The lowest BCUT2D eigenvalue weighted by Gasteiger charge is -2.38. The molecule has 1 aliphatic carbocycles. The maximum absolute atomic E-state index is 12.5. The molecule has 3 aliphatic rings. The third kappa shape index (κ3) is 6.29. The second kappa shape index (κ2) is 11.1. The molecule has 1 amide bonds.